The maximum atomic E-state index is 13.0. The second-order valence-corrected chi connectivity index (χ2v) is 10.5. The number of pyridine rings is 1. The Morgan fingerprint density at radius 1 is 0.717 bits per heavy atom. The van der Waals surface area contributed by atoms with E-state index in [-0.39, 0.29) is 12.1 Å². The summed E-state index contributed by atoms with van der Waals surface area (Å²) in [5, 5.41) is 18.4. The lowest BCUT2D eigenvalue weighted by molar-refractivity contribution is -0.371. The van der Waals surface area contributed by atoms with Gasteiger partial charge in [-0.2, -0.15) is 61.1 Å². The Hall–Kier alpha value is -3.70. The largest absolute Gasteiger partial charge is 0.462 e. The highest BCUT2D eigenvalue weighted by Gasteiger charge is 2.71. The molecule has 258 valence electrons. The zero-order valence-electron chi connectivity index (χ0n) is 22.0. The summed E-state index contributed by atoms with van der Waals surface area (Å²) in [6.07, 6.45) is -29.1. The smallest absolute Gasteiger partial charge is 0.426 e. The van der Waals surface area contributed by atoms with Crippen LogP contribution >= 0.6 is 0 Å². The third kappa shape index (κ3) is 7.98. The van der Waals surface area contributed by atoms with E-state index in [1.165, 1.54) is 6.07 Å². The molecule has 1 heterocycles. The molecular weight excluding hydrogens is 694 g/mol. The number of carbonyl (C=O) groups is 2. The van der Waals surface area contributed by atoms with Gasteiger partial charge >= 0.3 is 36.6 Å². The van der Waals surface area contributed by atoms with Crippen LogP contribution in [0.5, 0.6) is 0 Å². The molecule has 0 unspecified atom stereocenters. The minimum atomic E-state index is -6.34. The molecule has 0 bridgehead atoms. The Balaban J connectivity index is 2.58. The molecule has 1 aromatic heterocycles. The van der Waals surface area contributed by atoms with Gasteiger partial charge in [-0.1, -0.05) is 6.07 Å². The van der Waals surface area contributed by atoms with E-state index < -0.39 is 111 Å². The van der Waals surface area contributed by atoms with Crippen molar-refractivity contribution in [1.29, 1.82) is 0 Å². The number of rotatable bonds is 10. The Morgan fingerprint density at radius 2 is 1.15 bits per heavy atom. The molecule has 0 saturated carbocycles. The summed E-state index contributed by atoms with van der Waals surface area (Å²) in [5.74, 6) is -4.02. The SMILES string of the molecule is O=C(OCCC(O)(C(F)(F)F)C(F)(F)F)c1cc(C(=O)OCCC(O)(C(F)(F)F)C(F)(F)F)c(-c2ccccn2)c(S(=O)(=O)O)c1. The zero-order valence-corrected chi connectivity index (χ0v) is 22.8. The van der Waals surface area contributed by atoms with Gasteiger partial charge in [-0.25, -0.2) is 9.59 Å². The van der Waals surface area contributed by atoms with Crippen LogP contribution < -0.4 is 0 Å². The summed E-state index contributed by atoms with van der Waals surface area (Å²) in [4.78, 5) is 27.6. The number of ether oxygens (including phenoxy) is 2. The van der Waals surface area contributed by atoms with Crippen molar-refractivity contribution in [3.63, 3.8) is 0 Å². The first kappa shape index (κ1) is 38.5. The Bertz CT molecular complexity index is 1510. The molecule has 0 aliphatic rings. The standard InChI is InChI=1S/C23H17F12NO9S/c24-20(25,26)18(39,21(27,28)29)4-7-44-16(37)11-9-12(15(13-3-1-2-6-36-13)14(10-11)46(41,42)43)17(38)45-8-5-19(40,22(30,31)32)23(33,34)35/h1-3,6,9-10,39-40H,4-5,7-8H2,(H,41,42,43). The number of esters is 2. The molecular formula is C23H17F12NO9S. The van der Waals surface area contributed by atoms with Crippen LogP contribution in [0.15, 0.2) is 41.4 Å². The molecule has 23 heteroatoms. The van der Waals surface area contributed by atoms with Crippen LogP contribution in [-0.4, -0.2) is 89.2 Å². The van der Waals surface area contributed by atoms with Gasteiger partial charge in [-0.05, 0) is 24.3 Å². The fourth-order valence-corrected chi connectivity index (χ4v) is 4.25. The molecule has 0 radical (unpaired) electrons. The quantitative estimate of drug-likeness (QED) is 0.178. The average molecular weight is 711 g/mol. The highest BCUT2D eigenvalue weighted by molar-refractivity contribution is 7.86. The monoisotopic (exact) mass is 711 g/mol. The molecule has 0 atom stereocenters. The predicted molar refractivity (Wildman–Crippen MR) is 123 cm³/mol. The van der Waals surface area contributed by atoms with Gasteiger partial charge < -0.3 is 19.7 Å². The number of hydrogen-bond acceptors (Lipinski definition) is 9. The van der Waals surface area contributed by atoms with E-state index >= 15 is 0 Å². The van der Waals surface area contributed by atoms with Gasteiger partial charge in [-0.15, -0.1) is 0 Å². The van der Waals surface area contributed by atoms with Crippen molar-refractivity contribution >= 4 is 22.1 Å². The fourth-order valence-electron chi connectivity index (χ4n) is 3.50. The van der Waals surface area contributed by atoms with Crippen LogP contribution in [-0.2, 0) is 19.6 Å². The van der Waals surface area contributed by atoms with E-state index in [2.05, 4.69) is 14.5 Å². The summed E-state index contributed by atoms with van der Waals surface area (Å²) < 4.78 is 198. The molecule has 0 amide bonds. The first-order valence-electron chi connectivity index (χ1n) is 11.7. The van der Waals surface area contributed by atoms with Crippen LogP contribution in [0.2, 0.25) is 0 Å². The van der Waals surface area contributed by atoms with E-state index in [0.29, 0.717) is 0 Å². The van der Waals surface area contributed by atoms with Gasteiger partial charge in [0.15, 0.2) is 0 Å². The van der Waals surface area contributed by atoms with Crippen molar-refractivity contribution in [3.8, 4) is 11.3 Å². The minimum Gasteiger partial charge on any atom is -0.462 e. The number of aromatic nitrogens is 1. The number of halogens is 12. The van der Waals surface area contributed by atoms with E-state index in [0.717, 1.165) is 18.3 Å². The highest BCUT2D eigenvalue weighted by atomic mass is 32.2. The number of benzene rings is 1. The lowest BCUT2D eigenvalue weighted by Gasteiger charge is -2.32. The molecule has 2 aromatic rings. The number of aliphatic hydroxyl groups is 2. The van der Waals surface area contributed by atoms with Crippen molar-refractivity contribution in [3.05, 3.63) is 47.7 Å². The number of carbonyl (C=O) groups excluding carboxylic acids is 2. The summed E-state index contributed by atoms with van der Waals surface area (Å²) in [7, 11) is -5.59. The van der Waals surface area contributed by atoms with Gasteiger partial charge in [0.1, 0.15) is 4.90 Å². The first-order chi connectivity index (χ1) is 20.6. The second-order valence-electron chi connectivity index (χ2n) is 9.07. The second kappa shape index (κ2) is 12.8. The Labute approximate surface area is 248 Å². The average Bonchev–Trinajstić information content (AvgIpc) is 2.89. The van der Waals surface area contributed by atoms with Gasteiger partial charge in [0.05, 0.1) is 30.0 Å². The molecule has 46 heavy (non-hydrogen) atoms. The van der Waals surface area contributed by atoms with E-state index in [1.54, 1.807) is 0 Å². The summed E-state index contributed by atoms with van der Waals surface area (Å²) in [6.45, 7) is -3.73. The maximum absolute atomic E-state index is 13.0. The van der Waals surface area contributed by atoms with Crippen LogP contribution in [0.3, 0.4) is 0 Å². The molecule has 10 nitrogen and oxygen atoms in total. The minimum absolute atomic E-state index is 0.185. The van der Waals surface area contributed by atoms with Crippen LogP contribution in [0, 0.1) is 0 Å². The molecule has 0 aliphatic carbocycles. The Kier molecular flexibility index (Phi) is 10.7. The van der Waals surface area contributed by atoms with Crippen LogP contribution in [0.25, 0.3) is 11.3 Å². The van der Waals surface area contributed by atoms with Gasteiger partial charge in [0.2, 0.25) is 0 Å². The van der Waals surface area contributed by atoms with Gasteiger partial charge in [0.25, 0.3) is 21.3 Å². The normalized spacial score (nSPS) is 13.8. The molecule has 1 aromatic carbocycles. The van der Waals surface area contributed by atoms with E-state index in [9.17, 15) is 80.4 Å². The summed E-state index contributed by atoms with van der Waals surface area (Å²) in [6, 6.07) is 3.74. The highest BCUT2D eigenvalue weighted by Crippen LogP contribution is 2.46. The third-order valence-corrected chi connectivity index (χ3v) is 6.90. The van der Waals surface area contributed by atoms with Crippen LogP contribution in [0.1, 0.15) is 33.6 Å². The fraction of sp³-hybridized carbons (Fsp3) is 0.435. The van der Waals surface area contributed by atoms with Gasteiger partial charge in [0, 0.05) is 24.6 Å². The topological polar surface area (TPSA) is 160 Å². The number of hydrogen-bond donors (Lipinski definition) is 3. The maximum Gasteiger partial charge on any atom is 0.426 e. The zero-order chi connectivity index (χ0) is 35.7. The number of alkyl halides is 12. The van der Waals surface area contributed by atoms with Crippen molar-refractivity contribution < 1.29 is 94.9 Å². The Morgan fingerprint density at radius 3 is 1.52 bits per heavy atom. The first-order valence-corrected chi connectivity index (χ1v) is 13.2. The lowest BCUT2D eigenvalue weighted by atomic mass is 9.98. The van der Waals surface area contributed by atoms with Crippen molar-refractivity contribution in [2.75, 3.05) is 13.2 Å². The molecule has 0 saturated heterocycles. The summed E-state index contributed by atoms with van der Waals surface area (Å²) >= 11 is 0. The molecule has 0 aliphatic heterocycles. The summed E-state index contributed by atoms with van der Waals surface area (Å²) in [5.41, 5.74) is -14.9. The third-order valence-electron chi connectivity index (χ3n) is 6.03. The number of nitrogens with zero attached hydrogens (tertiary/aromatic N) is 1. The van der Waals surface area contributed by atoms with E-state index in [1.807, 2.05) is 0 Å². The van der Waals surface area contributed by atoms with Crippen LogP contribution in [0.4, 0.5) is 52.7 Å². The molecule has 0 spiro atoms. The van der Waals surface area contributed by atoms with Crippen molar-refractivity contribution in [2.24, 2.45) is 0 Å². The molecule has 3 N–H and O–H groups in total. The molecule has 0 fully saturated rings. The molecule has 2 rings (SSSR count). The lowest BCUT2D eigenvalue weighted by Crippen LogP contribution is -2.57. The van der Waals surface area contributed by atoms with Crippen molar-refractivity contribution in [1.82, 2.24) is 4.98 Å². The van der Waals surface area contributed by atoms with Gasteiger partial charge in [-0.3, -0.25) is 9.54 Å². The van der Waals surface area contributed by atoms with E-state index in [4.69, 9.17) is 5.11 Å². The predicted octanol–water partition coefficient (Wildman–Crippen LogP) is 4.80. The van der Waals surface area contributed by atoms with Crippen molar-refractivity contribution in [2.45, 2.75) is 53.6 Å².